The summed E-state index contributed by atoms with van der Waals surface area (Å²) in [7, 11) is -3.60. The van der Waals surface area contributed by atoms with Gasteiger partial charge in [-0.05, 0) is 105 Å². The molecular formula is C35H37FN4O5S. The Hall–Kier alpha value is -4.51. The summed E-state index contributed by atoms with van der Waals surface area (Å²) < 4.78 is 41.6. The van der Waals surface area contributed by atoms with Crippen LogP contribution in [0.4, 0.5) is 10.1 Å². The van der Waals surface area contributed by atoms with Crippen LogP contribution in [0.3, 0.4) is 0 Å². The molecule has 1 aliphatic carbocycles. The molecule has 2 aliphatic rings. The first kappa shape index (κ1) is 31.5. The lowest BCUT2D eigenvalue weighted by molar-refractivity contribution is -0.119. The fourth-order valence-corrected chi connectivity index (χ4v) is 7.47. The van der Waals surface area contributed by atoms with E-state index in [1.54, 1.807) is 18.2 Å². The standard InChI is InChI=1S/C35H37FN4O5S/c1-24-23-38(28-7-3-2-4-8-28)19-20-39(24)34(42)25-11-18-32-26(21-25)22-30(40(35(32)43)29-14-12-27(36)13-15-29)9-5-6-10-33(41)37-46(44,45)31-16-17-31/h2-4,7-8,11-15,18,21-22,24,31H,5-6,9-10,16-17,19-20,23H2,1H3,(H,37,41)/t24-/m1/s1. The van der Waals surface area contributed by atoms with Crippen molar-refractivity contribution in [2.24, 2.45) is 0 Å². The monoisotopic (exact) mass is 644 g/mol. The molecule has 1 atom stereocenters. The number of amides is 2. The number of nitrogens with zero attached hydrogens (tertiary/aromatic N) is 3. The van der Waals surface area contributed by atoms with Gasteiger partial charge in [0.05, 0.1) is 5.25 Å². The molecule has 1 N–H and O–H groups in total. The minimum absolute atomic E-state index is 0.0179. The van der Waals surface area contributed by atoms with Gasteiger partial charge in [0, 0.05) is 60.1 Å². The lowest BCUT2D eigenvalue weighted by Gasteiger charge is -2.41. The summed E-state index contributed by atoms with van der Waals surface area (Å²) in [6.45, 7) is 4.03. The fraction of sp³-hybridized carbons (Fsp3) is 0.343. The lowest BCUT2D eigenvalue weighted by atomic mass is 10.0. The highest BCUT2D eigenvalue weighted by atomic mass is 32.2. The topological polar surface area (TPSA) is 109 Å². The number of carbonyl (C=O) groups is 2. The number of halogens is 1. The minimum Gasteiger partial charge on any atom is -0.368 e. The Balaban J connectivity index is 1.22. The number of nitrogens with one attached hydrogen (secondary N) is 1. The molecule has 2 fully saturated rings. The molecule has 2 amide bonds. The number of hydrogen-bond acceptors (Lipinski definition) is 6. The molecule has 6 rings (SSSR count). The average Bonchev–Trinajstić information content (AvgIpc) is 3.90. The molecule has 240 valence electrons. The highest BCUT2D eigenvalue weighted by molar-refractivity contribution is 7.90. The first-order valence-electron chi connectivity index (χ1n) is 15.7. The molecule has 4 aromatic rings. The van der Waals surface area contributed by atoms with Gasteiger partial charge < -0.3 is 9.80 Å². The summed E-state index contributed by atoms with van der Waals surface area (Å²) in [6, 6.07) is 22.7. The van der Waals surface area contributed by atoms with Gasteiger partial charge >= 0.3 is 0 Å². The number of anilines is 1. The van der Waals surface area contributed by atoms with E-state index >= 15 is 0 Å². The molecule has 2 heterocycles. The van der Waals surface area contributed by atoms with E-state index in [1.807, 2.05) is 36.1 Å². The van der Waals surface area contributed by atoms with E-state index in [-0.39, 0.29) is 23.9 Å². The van der Waals surface area contributed by atoms with E-state index in [4.69, 9.17) is 0 Å². The summed E-state index contributed by atoms with van der Waals surface area (Å²) in [4.78, 5) is 44.0. The molecule has 1 aromatic heterocycles. The molecule has 0 radical (unpaired) electrons. The maximum atomic E-state index is 13.8. The van der Waals surface area contributed by atoms with Gasteiger partial charge in [-0.25, -0.2) is 12.8 Å². The Labute approximate surface area is 267 Å². The summed E-state index contributed by atoms with van der Waals surface area (Å²) in [5, 5.41) is 0.572. The van der Waals surface area contributed by atoms with E-state index in [2.05, 4.69) is 21.8 Å². The number of sulfonamides is 1. The van der Waals surface area contributed by atoms with Crippen molar-refractivity contribution in [1.82, 2.24) is 14.2 Å². The van der Waals surface area contributed by atoms with Crippen LogP contribution in [0.15, 0.2) is 83.7 Å². The van der Waals surface area contributed by atoms with Gasteiger partial charge in [-0.1, -0.05) is 18.2 Å². The van der Waals surface area contributed by atoms with Crippen LogP contribution in [0.2, 0.25) is 0 Å². The van der Waals surface area contributed by atoms with Crippen LogP contribution in [-0.2, 0) is 21.2 Å². The summed E-state index contributed by atoms with van der Waals surface area (Å²) >= 11 is 0. The Kier molecular flexibility index (Phi) is 8.95. The van der Waals surface area contributed by atoms with Crippen molar-refractivity contribution in [2.45, 2.75) is 56.7 Å². The molecular weight excluding hydrogens is 607 g/mol. The van der Waals surface area contributed by atoms with Crippen LogP contribution < -0.4 is 15.2 Å². The van der Waals surface area contributed by atoms with E-state index in [9.17, 15) is 27.2 Å². The number of para-hydroxylation sites is 1. The third kappa shape index (κ3) is 6.84. The number of rotatable bonds is 10. The van der Waals surface area contributed by atoms with Crippen molar-refractivity contribution in [3.05, 3.63) is 106 Å². The predicted molar refractivity (Wildman–Crippen MR) is 176 cm³/mol. The number of fused-ring (bicyclic) bond motifs is 1. The molecule has 0 spiro atoms. The molecule has 9 nitrogen and oxygen atoms in total. The van der Waals surface area contributed by atoms with Gasteiger partial charge in [0.2, 0.25) is 15.9 Å². The van der Waals surface area contributed by atoms with Gasteiger partial charge in [0.15, 0.2) is 0 Å². The Morgan fingerprint density at radius 3 is 2.35 bits per heavy atom. The number of benzene rings is 3. The van der Waals surface area contributed by atoms with Gasteiger partial charge in [0.1, 0.15) is 5.82 Å². The van der Waals surface area contributed by atoms with Crippen molar-refractivity contribution in [3.8, 4) is 5.69 Å². The van der Waals surface area contributed by atoms with E-state index in [1.165, 1.54) is 28.8 Å². The van der Waals surface area contributed by atoms with Crippen LogP contribution in [0.1, 0.15) is 55.1 Å². The van der Waals surface area contributed by atoms with Gasteiger partial charge in [-0.15, -0.1) is 0 Å². The first-order chi connectivity index (χ1) is 22.1. The number of hydrogen-bond donors (Lipinski definition) is 1. The largest absolute Gasteiger partial charge is 0.368 e. The van der Waals surface area contributed by atoms with Crippen molar-refractivity contribution in [3.63, 3.8) is 0 Å². The zero-order chi connectivity index (χ0) is 32.4. The maximum Gasteiger partial charge on any atom is 0.263 e. The summed E-state index contributed by atoms with van der Waals surface area (Å²) in [5.41, 5.74) is 2.47. The van der Waals surface area contributed by atoms with Crippen molar-refractivity contribution in [1.29, 1.82) is 0 Å². The summed E-state index contributed by atoms with van der Waals surface area (Å²) in [6.07, 6.45) is 2.50. The summed E-state index contributed by atoms with van der Waals surface area (Å²) in [5.74, 6) is -1.06. The van der Waals surface area contributed by atoms with Gasteiger partial charge in [0.25, 0.3) is 11.5 Å². The van der Waals surface area contributed by atoms with E-state index in [0.717, 1.165) is 5.69 Å². The van der Waals surface area contributed by atoms with Gasteiger partial charge in [-0.3, -0.25) is 23.7 Å². The number of carbonyl (C=O) groups excluding carboxylic acids is 2. The van der Waals surface area contributed by atoms with Crippen LogP contribution in [0, 0.1) is 5.82 Å². The lowest BCUT2D eigenvalue weighted by Crippen LogP contribution is -2.54. The first-order valence-corrected chi connectivity index (χ1v) is 17.3. The van der Waals surface area contributed by atoms with E-state index < -0.39 is 27.0 Å². The molecule has 3 aromatic carbocycles. The number of aromatic nitrogens is 1. The molecule has 0 unspecified atom stereocenters. The minimum atomic E-state index is -3.60. The number of piperazine rings is 1. The molecule has 1 aliphatic heterocycles. The molecule has 11 heteroatoms. The van der Waals surface area contributed by atoms with Crippen LogP contribution in [-0.4, -0.2) is 60.6 Å². The number of pyridine rings is 1. The van der Waals surface area contributed by atoms with Crippen LogP contribution >= 0.6 is 0 Å². The van der Waals surface area contributed by atoms with E-state index in [0.29, 0.717) is 79.5 Å². The maximum absolute atomic E-state index is 13.8. The predicted octanol–water partition coefficient (Wildman–Crippen LogP) is 4.80. The number of aryl methyl sites for hydroxylation is 1. The van der Waals surface area contributed by atoms with Crippen molar-refractivity contribution >= 4 is 38.3 Å². The molecule has 1 saturated heterocycles. The Morgan fingerprint density at radius 2 is 1.65 bits per heavy atom. The van der Waals surface area contributed by atoms with Crippen LogP contribution in [0.25, 0.3) is 16.5 Å². The molecule has 1 saturated carbocycles. The third-order valence-electron chi connectivity index (χ3n) is 8.74. The quantitative estimate of drug-likeness (QED) is 0.249. The van der Waals surface area contributed by atoms with Crippen molar-refractivity contribution in [2.75, 3.05) is 24.5 Å². The fourth-order valence-electron chi connectivity index (χ4n) is 6.12. The third-order valence-corrected chi connectivity index (χ3v) is 10.6. The zero-order valence-corrected chi connectivity index (χ0v) is 26.5. The molecule has 0 bridgehead atoms. The Morgan fingerprint density at radius 1 is 0.913 bits per heavy atom. The SMILES string of the molecule is C[C@@H]1CN(c2ccccc2)CCN1C(=O)c1ccc2c(=O)n(-c3ccc(F)cc3)c(CCCCC(=O)NS(=O)(=O)C3CC3)cc2c1. The van der Waals surface area contributed by atoms with Crippen LogP contribution in [0.5, 0.6) is 0 Å². The number of unbranched alkanes of at least 4 members (excludes halogenated alkanes) is 1. The highest BCUT2D eigenvalue weighted by Crippen LogP contribution is 2.27. The smallest absolute Gasteiger partial charge is 0.263 e. The zero-order valence-electron chi connectivity index (χ0n) is 25.7. The van der Waals surface area contributed by atoms with Gasteiger partial charge in [-0.2, -0.15) is 0 Å². The molecule has 46 heavy (non-hydrogen) atoms. The van der Waals surface area contributed by atoms with Crippen molar-refractivity contribution < 1.29 is 22.4 Å². The Bertz CT molecular complexity index is 1920. The second kappa shape index (κ2) is 13.1. The average molecular weight is 645 g/mol. The second-order valence-electron chi connectivity index (χ2n) is 12.2. The second-order valence-corrected chi connectivity index (χ2v) is 14.1. The normalized spacial score (nSPS) is 16.9. The highest BCUT2D eigenvalue weighted by Gasteiger charge is 2.36.